The first kappa shape index (κ1) is 11.7. The third kappa shape index (κ3) is 1.90. The van der Waals surface area contributed by atoms with Crippen LogP contribution in [0.15, 0.2) is 18.2 Å². The normalized spacial score (nSPS) is 19.3. The molecule has 6 heteroatoms. The van der Waals surface area contributed by atoms with Crippen LogP contribution in [0.25, 0.3) is 0 Å². The summed E-state index contributed by atoms with van der Waals surface area (Å²) in [6, 6.07) is 3.38. The number of hydrogen-bond acceptors (Lipinski definition) is 2. The lowest BCUT2D eigenvalue weighted by Crippen LogP contribution is -2.46. The predicted octanol–water partition coefficient (Wildman–Crippen LogP) is 2.58. The van der Waals surface area contributed by atoms with Gasteiger partial charge in [-0.2, -0.15) is 13.2 Å². The van der Waals surface area contributed by atoms with E-state index in [4.69, 9.17) is 16.3 Å². The first-order chi connectivity index (χ1) is 7.33. The second-order valence-electron chi connectivity index (χ2n) is 3.72. The van der Waals surface area contributed by atoms with Crippen molar-refractivity contribution < 1.29 is 23.0 Å². The average Bonchev–Trinajstić information content (AvgIpc) is 2.13. The van der Waals surface area contributed by atoms with Crippen LogP contribution in [0, 0.1) is 0 Å². The van der Waals surface area contributed by atoms with E-state index >= 15 is 0 Å². The van der Waals surface area contributed by atoms with Crippen LogP contribution >= 0.6 is 11.6 Å². The molecule has 1 aromatic rings. The van der Waals surface area contributed by atoms with Gasteiger partial charge in [-0.05, 0) is 17.7 Å². The number of halogens is 4. The van der Waals surface area contributed by atoms with E-state index < -0.39 is 17.3 Å². The number of alkyl halides is 3. The van der Waals surface area contributed by atoms with Crippen LogP contribution in [0.2, 0.25) is 5.02 Å². The second-order valence-corrected chi connectivity index (χ2v) is 4.12. The van der Waals surface area contributed by atoms with Crippen LogP contribution in [0.3, 0.4) is 0 Å². The van der Waals surface area contributed by atoms with Gasteiger partial charge in [0.15, 0.2) is 0 Å². The maximum absolute atomic E-state index is 12.5. The molecule has 1 aliphatic heterocycles. The number of benzene rings is 1. The first-order valence-corrected chi connectivity index (χ1v) is 4.88. The van der Waals surface area contributed by atoms with E-state index in [0.717, 1.165) is 12.1 Å². The van der Waals surface area contributed by atoms with E-state index in [2.05, 4.69) is 0 Å². The summed E-state index contributed by atoms with van der Waals surface area (Å²) in [5, 5.41) is 9.45. The van der Waals surface area contributed by atoms with Crippen molar-refractivity contribution in [1.82, 2.24) is 0 Å². The summed E-state index contributed by atoms with van der Waals surface area (Å²) < 4.78 is 42.4. The molecule has 0 spiro atoms. The summed E-state index contributed by atoms with van der Waals surface area (Å²) >= 11 is 5.46. The standard InChI is InChI=1S/C10H8ClF3O2/c11-8-2-1-6(9(15)4-16-5-9)3-7(8)10(12,13)14/h1-3,15H,4-5H2. The summed E-state index contributed by atoms with van der Waals surface area (Å²) in [6.45, 7) is 0.0118. The molecule has 1 saturated heterocycles. The van der Waals surface area contributed by atoms with Gasteiger partial charge in [-0.1, -0.05) is 17.7 Å². The summed E-state index contributed by atoms with van der Waals surface area (Å²) in [4.78, 5) is 0. The largest absolute Gasteiger partial charge is 0.417 e. The summed E-state index contributed by atoms with van der Waals surface area (Å²) in [5.74, 6) is 0. The van der Waals surface area contributed by atoms with Gasteiger partial charge in [0.05, 0.1) is 23.8 Å². The molecule has 88 valence electrons. The highest BCUT2D eigenvalue weighted by atomic mass is 35.5. The molecule has 16 heavy (non-hydrogen) atoms. The number of aliphatic hydroxyl groups is 1. The van der Waals surface area contributed by atoms with Gasteiger partial charge >= 0.3 is 6.18 Å². The van der Waals surface area contributed by atoms with Crippen molar-refractivity contribution in [3.05, 3.63) is 34.3 Å². The van der Waals surface area contributed by atoms with Crippen LogP contribution in [-0.4, -0.2) is 18.3 Å². The van der Waals surface area contributed by atoms with Gasteiger partial charge in [-0.3, -0.25) is 0 Å². The molecular formula is C10H8ClF3O2. The fourth-order valence-corrected chi connectivity index (χ4v) is 1.72. The van der Waals surface area contributed by atoms with Crippen LogP contribution in [-0.2, 0) is 16.5 Å². The van der Waals surface area contributed by atoms with Crippen molar-refractivity contribution in [1.29, 1.82) is 0 Å². The molecule has 0 amide bonds. The van der Waals surface area contributed by atoms with Crippen LogP contribution in [0.1, 0.15) is 11.1 Å². The minimum atomic E-state index is -4.52. The second kappa shape index (κ2) is 3.61. The number of ether oxygens (including phenoxy) is 1. The Bertz CT molecular complexity index is 413. The van der Waals surface area contributed by atoms with Gasteiger partial charge in [-0.25, -0.2) is 0 Å². The molecule has 0 aromatic heterocycles. The molecule has 0 saturated carbocycles. The number of rotatable bonds is 1. The molecule has 0 radical (unpaired) electrons. The van der Waals surface area contributed by atoms with Crippen molar-refractivity contribution in [2.75, 3.05) is 13.2 Å². The molecule has 1 heterocycles. The molecule has 1 N–H and O–H groups in total. The first-order valence-electron chi connectivity index (χ1n) is 4.50. The molecule has 2 nitrogen and oxygen atoms in total. The minimum Gasteiger partial charge on any atom is -0.380 e. The molecule has 1 aliphatic rings. The quantitative estimate of drug-likeness (QED) is 0.832. The van der Waals surface area contributed by atoms with E-state index in [9.17, 15) is 18.3 Å². The topological polar surface area (TPSA) is 29.5 Å². The van der Waals surface area contributed by atoms with Crippen molar-refractivity contribution in [3.63, 3.8) is 0 Å². The lowest BCUT2D eigenvalue weighted by atomic mass is 9.91. The van der Waals surface area contributed by atoms with Crippen LogP contribution < -0.4 is 0 Å². The third-order valence-electron chi connectivity index (χ3n) is 2.49. The van der Waals surface area contributed by atoms with Gasteiger partial charge in [0.25, 0.3) is 0 Å². The minimum absolute atomic E-state index is 0.00588. The SMILES string of the molecule is OC1(c2ccc(Cl)c(C(F)(F)F)c2)COC1. The van der Waals surface area contributed by atoms with E-state index in [1.165, 1.54) is 6.07 Å². The zero-order chi connectivity index (χ0) is 12.0. The zero-order valence-electron chi connectivity index (χ0n) is 8.01. The average molecular weight is 253 g/mol. The van der Waals surface area contributed by atoms with Crippen molar-refractivity contribution in [2.45, 2.75) is 11.8 Å². The van der Waals surface area contributed by atoms with Crippen LogP contribution in [0.4, 0.5) is 13.2 Å². The van der Waals surface area contributed by atoms with E-state index in [-0.39, 0.29) is 23.8 Å². The summed E-state index contributed by atoms with van der Waals surface area (Å²) in [5.41, 5.74) is -2.08. The Morgan fingerprint density at radius 1 is 1.31 bits per heavy atom. The van der Waals surface area contributed by atoms with Gasteiger partial charge in [0.1, 0.15) is 5.60 Å². The van der Waals surface area contributed by atoms with E-state index in [1.807, 2.05) is 0 Å². The predicted molar refractivity (Wildman–Crippen MR) is 51.2 cm³/mol. The van der Waals surface area contributed by atoms with E-state index in [0.29, 0.717) is 0 Å². The highest BCUT2D eigenvalue weighted by Crippen LogP contribution is 2.38. The Hall–Kier alpha value is -0.780. The monoisotopic (exact) mass is 252 g/mol. The Kier molecular flexibility index (Phi) is 2.64. The molecular weight excluding hydrogens is 245 g/mol. The fraction of sp³-hybridized carbons (Fsp3) is 0.400. The highest BCUT2D eigenvalue weighted by Gasteiger charge is 2.40. The molecule has 2 rings (SSSR count). The molecule has 1 aromatic carbocycles. The number of hydrogen-bond donors (Lipinski definition) is 1. The lowest BCUT2D eigenvalue weighted by Gasteiger charge is -2.37. The Morgan fingerprint density at radius 2 is 1.94 bits per heavy atom. The molecule has 0 bridgehead atoms. The fourth-order valence-electron chi connectivity index (χ4n) is 1.49. The van der Waals surface area contributed by atoms with Crippen molar-refractivity contribution >= 4 is 11.6 Å². The molecule has 0 atom stereocenters. The van der Waals surface area contributed by atoms with Gasteiger partial charge in [0, 0.05) is 0 Å². The van der Waals surface area contributed by atoms with Crippen LogP contribution in [0.5, 0.6) is 0 Å². The van der Waals surface area contributed by atoms with E-state index in [1.54, 1.807) is 0 Å². The zero-order valence-corrected chi connectivity index (χ0v) is 8.77. The van der Waals surface area contributed by atoms with Gasteiger partial charge in [-0.15, -0.1) is 0 Å². The molecule has 0 unspecified atom stereocenters. The highest BCUT2D eigenvalue weighted by molar-refractivity contribution is 6.31. The maximum atomic E-state index is 12.5. The summed E-state index contributed by atoms with van der Waals surface area (Å²) in [6.07, 6.45) is -4.52. The molecule has 1 fully saturated rings. The maximum Gasteiger partial charge on any atom is 0.417 e. The molecule has 0 aliphatic carbocycles. The Labute approximate surface area is 94.6 Å². The lowest BCUT2D eigenvalue weighted by molar-refractivity contribution is -0.185. The van der Waals surface area contributed by atoms with Gasteiger partial charge < -0.3 is 9.84 Å². The third-order valence-corrected chi connectivity index (χ3v) is 2.82. The van der Waals surface area contributed by atoms with Gasteiger partial charge in [0.2, 0.25) is 0 Å². The summed E-state index contributed by atoms with van der Waals surface area (Å²) in [7, 11) is 0. The van der Waals surface area contributed by atoms with Crippen molar-refractivity contribution in [2.24, 2.45) is 0 Å². The smallest absolute Gasteiger partial charge is 0.380 e. The Balaban J connectivity index is 2.43. The van der Waals surface area contributed by atoms with Crippen molar-refractivity contribution in [3.8, 4) is 0 Å². The Morgan fingerprint density at radius 3 is 2.38 bits per heavy atom.